The molecule has 1 saturated carbocycles. The van der Waals surface area contributed by atoms with Crippen LogP contribution in [0.15, 0.2) is 64.4 Å². The van der Waals surface area contributed by atoms with Crippen molar-refractivity contribution >= 4 is 31.6 Å². The SMILES string of the molecule is O=C(CN(C1CCCCC1)S(=O)(=O)c1ccc(S(=O)(=O)NC[C@@H]2CCCO2)cc1)Nc1ccccc1. The number of sulfonamides is 2. The molecule has 0 unspecified atom stereocenters. The molecule has 0 aromatic heterocycles. The first-order valence-corrected chi connectivity index (χ1v) is 15.3. The van der Waals surface area contributed by atoms with Crippen LogP contribution in [0.25, 0.3) is 0 Å². The smallest absolute Gasteiger partial charge is 0.243 e. The maximum atomic E-state index is 13.6. The van der Waals surface area contributed by atoms with E-state index in [2.05, 4.69) is 10.0 Å². The van der Waals surface area contributed by atoms with E-state index in [1.165, 1.54) is 28.6 Å². The summed E-state index contributed by atoms with van der Waals surface area (Å²) in [7, 11) is -7.85. The molecule has 1 heterocycles. The zero-order valence-corrected chi connectivity index (χ0v) is 21.8. The number of para-hydroxylation sites is 1. The second kappa shape index (κ2) is 11.8. The fraction of sp³-hybridized carbons (Fsp3) is 0.480. The second-order valence-electron chi connectivity index (χ2n) is 9.21. The van der Waals surface area contributed by atoms with Crippen molar-refractivity contribution in [1.29, 1.82) is 0 Å². The monoisotopic (exact) mass is 535 g/mol. The van der Waals surface area contributed by atoms with Crippen LogP contribution in [-0.2, 0) is 29.6 Å². The molecule has 196 valence electrons. The molecule has 0 bridgehead atoms. The van der Waals surface area contributed by atoms with Gasteiger partial charge >= 0.3 is 0 Å². The van der Waals surface area contributed by atoms with E-state index in [1.807, 2.05) is 6.07 Å². The van der Waals surface area contributed by atoms with E-state index in [0.717, 1.165) is 32.1 Å². The first kappa shape index (κ1) is 26.7. The second-order valence-corrected chi connectivity index (χ2v) is 12.9. The molecule has 1 atom stereocenters. The number of rotatable bonds is 10. The van der Waals surface area contributed by atoms with Gasteiger partial charge in [-0.15, -0.1) is 0 Å². The number of amides is 1. The number of anilines is 1. The highest BCUT2D eigenvalue weighted by molar-refractivity contribution is 7.89. The molecule has 2 N–H and O–H groups in total. The van der Waals surface area contributed by atoms with E-state index in [0.29, 0.717) is 25.1 Å². The molecule has 2 aromatic carbocycles. The molecule has 1 aliphatic heterocycles. The predicted octanol–water partition coefficient (Wildman–Crippen LogP) is 3.11. The van der Waals surface area contributed by atoms with Gasteiger partial charge in [0, 0.05) is 24.9 Å². The molecule has 11 heteroatoms. The summed E-state index contributed by atoms with van der Waals surface area (Å²) in [5.74, 6) is -0.423. The summed E-state index contributed by atoms with van der Waals surface area (Å²) < 4.78 is 61.9. The third kappa shape index (κ3) is 6.71. The fourth-order valence-electron chi connectivity index (χ4n) is 4.66. The van der Waals surface area contributed by atoms with Crippen molar-refractivity contribution in [2.45, 2.75) is 66.9 Å². The molecule has 1 amide bonds. The molecule has 1 aliphatic carbocycles. The van der Waals surface area contributed by atoms with Crippen LogP contribution < -0.4 is 10.0 Å². The molecule has 4 rings (SSSR count). The Morgan fingerprint density at radius 3 is 2.17 bits per heavy atom. The Kier molecular flexibility index (Phi) is 8.78. The van der Waals surface area contributed by atoms with E-state index in [4.69, 9.17) is 4.74 Å². The van der Waals surface area contributed by atoms with E-state index >= 15 is 0 Å². The van der Waals surface area contributed by atoms with E-state index in [9.17, 15) is 21.6 Å². The summed E-state index contributed by atoms with van der Waals surface area (Å²) in [5, 5.41) is 2.76. The number of ether oxygens (including phenoxy) is 1. The van der Waals surface area contributed by atoms with Crippen LogP contribution >= 0.6 is 0 Å². The van der Waals surface area contributed by atoms with Crippen LogP contribution in [0.1, 0.15) is 44.9 Å². The van der Waals surface area contributed by atoms with Crippen LogP contribution in [0, 0.1) is 0 Å². The first-order valence-electron chi connectivity index (χ1n) is 12.3. The van der Waals surface area contributed by atoms with Crippen LogP contribution in [0.5, 0.6) is 0 Å². The Labute approximate surface area is 213 Å². The van der Waals surface area contributed by atoms with Crippen molar-refractivity contribution in [1.82, 2.24) is 9.03 Å². The molecule has 2 aliphatic rings. The Balaban J connectivity index is 1.51. The van der Waals surface area contributed by atoms with E-state index < -0.39 is 26.0 Å². The Morgan fingerprint density at radius 2 is 1.53 bits per heavy atom. The van der Waals surface area contributed by atoms with Gasteiger partial charge in [0.2, 0.25) is 26.0 Å². The number of nitrogens with one attached hydrogen (secondary N) is 2. The molecule has 1 saturated heterocycles. The number of hydrogen-bond donors (Lipinski definition) is 2. The third-order valence-electron chi connectivity index (χ3n) is 6.60. The van der Waals surface area contributed by atoms with Crippen molar-refractivity contribution in [2.75, 3.05) is 25.0 Å². The number of benzene rings is 2. The van der Waals surface area contributed by atoms with Gasteiger partial charge in [0.1, 0.15) is 0 Å². The predicted molar refractivity (Wildman–Crippen MR) is 136 cm³/mol. The number of hydrogen-bond acceptors (Lipinski definition) is 6. The highest BCUT2D eigenvalue weighted by Gasteiger charge is 2.34. The number of carbonyl (C=O) groups excluding carboxylic acids is 1. The van der Waals surface area contributed by atoms with Gasteiger partial charge in [-0.05, 0) is 62.1 Å². The minimum atomic E-state index is -4.04. The van der Waals surface area contributed by atoms with Crippen LogP contribution in [0.2, 0.25) is 0 Å². The summed E-state index contributed by atoms with van der Waals surface area (Å²) in [6, 6.07) is 13.8. The highest BCUT2D eigenvalue weighted by atomic mass is 32.2. The van der Waals surface area contributed by atoms with Gasteiger partial charge in [-0.2, -0.15) is 4.31 Å². The van der Waals surface area contributed by atoms with E-state index in [-0.39, 0.29) is 35.0 Å². The number of nitrogens with zero attached hydrogens (tertiary/aromatic N) is 1. The summed E-state index contributed by atoms with van der Waals surface area (Å²) in [6.07, 6.45) is 5.73. The van der Waals surface area contributed by atoms with Crippen molar-refractivity contribution in [3.8, 4) is 0 Å². The zero-order chi connectivity index (χ0) is 25.6. The van der Waals surface area contributed by atoms with Crippen molar-refractivity contribution in [3.05, 3.63) is 54.6 Å². The van der Waals surface area contributed by atoms with E-state index in [1.54, 1.807) is 24.3 Å². The lowest BCUT2D eigenvalue weighted by molar-refractivity contribution is -0.116. The number of carbonyl (C=O) groups is 1. The van der Waals surface area contributed by atoms with Gasteiger partial charge in [0.25, 0.3) is 0 Å². The van der Waals surface area contributed by atoms with Gasteiger partial charge in [-0.25, -0.2) is 21.6 Å². The largest absolute Gasteiger partial charge is 0.377 e. The van der Waals surface area contributed by atoms with Gasteiger partial charge < -0.3 is 10.1 Å². The molecule has 9 nitrogen and oxygen atoms in total. The fourth-order valence-corrected chi connectivity index (χ4v) is 7.37. The Morgan fingerprint density at radius 1 is 0.861 bits per heavy atom. The van der Waals surface area contributed by atoms with Crippen molar-refractivity contribution < 1.29 is 26.4 Å². The van der Waals surface area contributed by atoms with Crippen molar-refractivity contribution in [2.24, 2.45) is 0 Å². The molecule has 0 radical (unpaired) electrons. The lowest BCUT2D eigenvalue weighted by Gasteiger charge is -2.33. The topological polar surface area (TPSA) is 122 Å². The average molecular weight is 536 g/mol. The molecule has 2 aromatic rings. The minimum Gasteiger partial charge on any atom is -0.377 e. The van der Waals surface area contributed by atoms with Gasteiger partial charge in [-0.3, -0.25) is 4.79 Å². The summed E-state index contributed by atoms with van der Waals surface area (Å²) in [4.78, 5) is 12.7. The van der Waals surface area contributed by atoms with Gasteiger partial charge in [0.15, 0.2) is 0 Å². The quantitative estimate of drug-likeness (QED) is 0.482. The molecule has 36 heavy (non-hydrogen) atoms. The molecule has 0 spiro atoms. The first-order chi connectivity index (χ1) is 17.3. The molecular weight excluding hydrogens is 502 g/mol. The van der Waals surface area contributed by atoms with Crippen molar-refractivity contribution in [3.63, 3.8) is 0 Å². The summed E-state index contributed by atoms with van der Waals surface area (Å²) >= 11 is 0. The Bertz CT molecular complexity index is 1220. The Hall–Kier alpha value is -2.31. The van der Waals surface area contributed by atoms with Gasteiger partial charge in [-0.1, -0.05) is 37.5 Å². The lowest BCUT2D eigenvalue weighted by Crippen LogP contribution is -2.45. The lowest BCUT2D eigenvalue weighted by atomic mass is 9.95. The van der Waals surface area contributed by atoms with Gasteiger partial charge in [0.05, 0.1) is 22.4 Å². The van der Waals surface area contributed by atoms with Crippen LogP contribution in [0.4, 0.5) is 5.69 Å². The zero-order valence-electron chi connectivity index (χ0n) is 20.1. The maximum absolute atomic E-state index is 13.6. The highest BCUT2D eigenvalue weighted by Crippen LogP contribution is 2.28. The third-order valence-corrected chi connectivity index (χ3v) is 9.96. The normalized spacial score (nSPS) is 19.4. The summed E-state index contributed by atoms with van der Waals surface area (Å²) in [6.45, 7) is 0.485. The summed E-state index contributed by atoms with van der Waals surface area (Å²) in [5.41, 5.74) is 0.591. The molecule has 2 fully saturated rings. The van der Waals surface area contributed by atoms with Crippen LogP contribution in [0.3, 0.4) is 0 Å². The maximum Gasteiger partial charge on any atom is 0.243 e. The molecular formula is C25H33N3O6S2. The van der Waals surface area contributed by atoms with Crippen LogP contribution in [-0.4, -0.2) is 58.9 Å². The average Bonchev–Trinajstić information content (AvgIpc) is 3.41. The standard InChI is InChI=1S/C25H33N3O6S2/c29-25(27-20-8-3-1-4-9-20)19-28(21-10-5-2-6-11-21)36(32,33)24-15-13-23(14-16-24)35(30,31)26-18-22-12-7-17-34-22/h1,3-4,8-9,13-16,21-22,26H,2,5-7,10-12,17-19H2,(H,27,29)/t22-/m0/s1. The minimum absolute atomic E-state index is 0.0227.